The van der Waals surface area contributed by atoms with E-state index in [-0.39, 0.29) is 6.04 Å². The van der Waals surface area contributed by atoms with Gasteiger partial charge in [-0.15, -0.1) is 0 Å². The molecule has 2 N–H and O–H groups in total. The van der Waals surface area contributed by atoms with Crippen LogP contribution in [0.2, 0.25) is 0 Å². The Morgan fingerprint density at radius 1 is 1.15 bits per heavy atom. The summed E-state index contributed by atoms with van der Waals surface area (Å²) in [6.45, 7) is 9.89. The van der Waals surface area contributed by atoms with Gasteiger partial charge in [0.2, 0.25) is 0 Å². The third-order valence-corrected chi connectivity index (χ3v) is 4.19. The van der Waals surface area contributed by atoms with Crippen molar-refractivity contribution in [3.8, 4) is 11.5 Å². The van der Waals surface area contributed by atoms with E-state index in [1.54, 1.807) is 13.2 Å². The highest BCUT2D eigenvalue weighted by Crippen LogP contribution is 2.30. The molecule has 146 valence electrons. The fraction of sp³-hybridized carbons (Fsp3) is 0.429. The molecule has 0 radical (unpaired) electrons. The Balaban J connectivity index is 2.04. The smallest absolute Gasteiger partial charge is 0.191 e. The second-order valence-electron chi connectivity index (χ2n) is 6.13. The van der Waals surface area contributed by atoms with Gasteiger partial charge in [-0.1, -0.05) is 12.1 Å². The van der Waals surface area contributed by atoms with Crippen molar-refractivity contribution in [3.05, 3.63) is 53.3 Å². The normalized spacial score (nSPS) is 12.4. The third-order valence-electron chi connectivity index (χ3n) is 4.19. The van der Waals surface area contributed by atoms with E-state index >= 15 is 0 Å². The number of aliphatic imine (C=N–C) groups is 1. The van der Waals surface area contributed by atoms with Crippen molar-refractivity contribution in [1.29, 1.82) is 0 Å². The average molecular weight is 370 g/mol. The molecule has 1 aromatic carbocycles. The van der Waals surface area contributed by atoms with E-state index in [0.717, 1.165) is 34.3 Å². The Kier molecular flexibility index (Phi) is 7.92. The highest BCUT2D eigenvalue weighted by Gasteiger charge is 2.12. The van der Waals surface area contributed by atoms with Gasteiger partial charge in [0.25, 0.3) is 0 Å². The number of aromatic nitrogens is 1. The predicted octanol–water partition coefficient (Wildman–Crippen LogP) is 3.61. The first-order valence-electron chi connectivity index (χ1n) is 9.36. The Labute approximate surface area is 162 Å². The summed E-state index contributed by atoms with van der Waals surface area (Å²) in [6, 6.07) is 10.1. The van der Waals surface area contributed by atoms with Crippen LogP contribution in [0.5, 0.6) is 11.5 Å². The predicted molar refractivity (Wildman–Crippen MR) is 110 cm³/mol. The van der Waals surface area contributed by atoms with Crippen molar-refractivity contribution in [2.24, 2.45) is 4.99 Å². The van der Waals surface area contributed by atoms with Crippen LogP contribution < -0.4 is 20.1 Å². The molecular formula is C21H30N4O2. The van der Waals surface area contributed by atoms with Crippen LogP contribution in [-0.2, 0) is 6.54 Å². The van der Waals surface area contributed by atoms with E-state index in [9.17, 15) is 0 Å². The fourth-order valence-corrected chi connectivity index (χ4v) is 2.69. The number of hydrogen-bond acceptors (Lipinski definition) is 4. The molecule has 0 aliphatic heterocycles. The van der Waals surface area contributed by atoms with Crippen molar-refractivity contribution in [3.63, 3.8) is 0 Å². The second-order valence-corrected chi connectivity index (χ2v) is 6.13. The van der Waals surface area contributed by atoms with Gasteiger partial charge in [0.1, 0.15) is 0 Å². The Morgan fingerprint density at radius 3 is 2.56 bits per heavy atom. The Bertz CT molecular complexity index is 762. The van der Waals surface area contributed by atoms with Crippen molar-refractivity contribution in [2.45, 2.75) is 40.3 Å². The number of guanidine groups is 1. The molecule has 0 aliphatic carbocycles. The van der Waals surface area contributed by atoms with Crippen molar-refractivity contribution >= 4 is 5.96 Å². The average Bonchev–Trinajstić information content (AvgIpc) is 2.67. The lowest BCUT2D eigenvalue weighted by Gasteiger charge is -2.20. The lowest BCUT2D eigenvalue weighted by molar-refractivity contribution is 0.287. The summed E-state index contributed by atoms with van der Waals surface area (Å²) in [7, 11) is 1.76. The van der Waals surface area contributed by atoms with Crippen LogP contribution in [-0.4, -0.2) is 31.2 Å². The summed E-state index contributed by atoms with van der Waals surface area (Å²) in [4.78, 5) is 8.72. The summed E-state index contributed by atoms with van der Waals surface area (Å²) < 4.78 is 11.4. The molecule has 6 heteroatoms. The van der Waals surface area contributed by atoms with Gasteiger partial charge in [-0.25, -0.2) is 0 Å². The van der Waals surface area contributed by atoms with Gasteiger partial charge in [-0.2, -0.15) is 0 Å². The maximum atomic E-state index is 5.72. The number of ether oxygens (including phenoxy) is 2. The van der Waals surface area contributed by atoms with Gasteiger partial charge in [0, 0.05) is 13.2 Å². The molecular weight excluding hydrogens is 340 g/mol. The molecule has 1 atom stereocenters. The first-order valence-corrected chi connectivity index (χ1v) is 9.36. The van der Waals surface area contributed by atoms with Gasteiger partial charge >= 0.3 is 0 Å². The molecule has 0 saturated heterocycles. The lowest BCUT2D eigenvalue weighted by atomic mass is 10.1. The number of benzene rings is 1. The summed E-state index contributed by atoms with van der Waals surface area (Å²) in [6.07, 6.45) is 1.80. The van der Waals surface area contributed by atoms with Crippen LogP contribution in [0.3, 0.4) is 0 Å². The zero-order valence-electron chi connectivity index (χ0n) is 16.9. The number of aryl methyl sites for hydroxylation is 1. The van der Waals surface area contributed by atoms with Crippen molar-refractivity contribution in [1.82, 2.24) is 15.6 Å². The highest BCUT2D eigenvalue weighted by atomic mass is 16.5. The number of pyridine rings is 1. The summed E-state index contributed by atoms with van der Waals surface area (Å²) in [5.41, 5.74) is 3.26. The van der Waals surface area contributed by atoms with Crippen LogP contribution in [0.15, 0.2) is 41.5 Å². The zero-order chi connectivity index (χ0) is 19.6. The molecule has 0 saturated carbocycles. The zero-order valence-corrected chi connectivity index (χ0v) is 16.9. The summed E-state index contributed by atoms with van der Waals surface area (Å²) in [5.74, 6) is 2.25. The molecule has 0 aliphatic rings. The van der Waals surface area contributed by atoms with Gasteiger partial charge in [-0.3, -0.25) is 9.98 Å². The first-order chi connectivity index (χ1) is 13.1. The monoisotopic (exact) mass is 370 g/mol. The highest BCUT2D eigenvalue weighted by molar-refractivity contribution is 5.80. The van der Waals surface area contributed by atoms with Crippen LogP contribution in [0, 0.1) is 6.92 Å². The molecule has 1 aromatic heterocycles. The standard InChI is InChI=1S/C21H30N4O2/c1-6-26-19-11-10-17(13-20(19)27-7-2)16(4)25-21(22-5)24-14-18-15(3)9-8-12-23-18/h8-13,16H,6-7,14H2,1-5H3,(H2,22,24,25). The van der Waals surface area contributed by atoms with Gasteiger partial charge in [-0.05, 0) is 57.0 Å². The molecule has 0 amide bonds. The minimum atomic E-state index is 0.0518. The van der Waals surface area contributed by atoms with E-state index in [1.807, 2.05) is 38.1 Å². The molecule has 2 aromatic rings. The van der Waals surface area contributed by atoms with Gasteiger partial charge < -0.3 is 20.1 Å². The minimum Gasteiger partial charge on any atom is -0.490 e. The molecule has 0 bridgehead atoms. The minimum absolute atomic E-state index is 0.0518. The van der Waals surface area contributed by atoms with Crippen molar-refractivity contribution in [2.75, 3.05) is 20.3 Å². The van der Waals surface area contributed by atoms with Crippen LogP contribution in [0.4, 0.5) is 0 Å². The number of nitrogens with zero attached hydrogens (tertiary/aromatic N) is 2. The molecule has 6 nitrogen and oxygen atoms in total. The molecule has 0 spiro atoms. The number of hydrogen-bond donors (Lipinski definition) is 2. The quantitative estimate of drug-likeness (QED) is 0.549. The van der Waals surface area contributed by atoms with Crippen LogP contribution in [0.1, 0.15) is 43.6 Å². The second kappa shape index (κ2) is 10.4. The molecule has 2 rings (SSSR count). The molecule has 27 heavy (non-hydrogen) atoms. The SMILES string of the molecule is CCOc1ccc(C(C)NC(=NC)NCc2ncccc2C)cc1OCC. The van der Waals surface area contributed by atoms with Crippen molar-refractivity contribution < 1.29 is 9.47 Å². The van der Waals surface area contributed by atoms with E-state index in [2.05, 4.69) is 40.5 Å². The van der Waals surface area contributed by atoms with Gasteiger partial charge in [0.05, 0.1) is 31.5 Å². The van der Waals surface area contributed by atoms with E-state index in [0.29, 0.717) is 19.8 Å². The third kappa shape index (κ3) is 5.88. The lowest BCUT2D eigenvalue weighted by Crippen LogP contribution is -2.38. The molecule has 1 heterocycles. The van der Waals surface area contributed by atoms with Gasteiger partial charge in [0.15, 0.2) is 17.5 Å². The largest absolute Gasteiger partial charge is 0.490 e. The maximum Gasteiger partial charge on any atom is 0.191 e. The summed E-state index contributed by atoms with van der Waals surface area (Å²) >= 11 is 0. The van der Waals surface area contributed by atoms with E-state index in [4.69, 9.17) is 9.47 Å². The molecule has 1 unspecified atom stereocenters. The summed E-state index contributed by atoms with van der Waals surface area (Å²) in [5, 5.41) is 6.73. The fourth-order valence-electron chi connectivity index (χ4n) is 2.69. The molecule has 0 fully saturated rings. The maximum absolute atomic E-state index is 5.72. The van der Waals surface area contributed by atoms with E-state index < -0.39 is 0 Å². The van der Waals surface area contributed by atoms with Crippen LogP contribution >= 0.6 is 0 Å². The van der Waals surface area contributed by atoms with Crippen LogP contribution in [0.25, 0.3) is 0 Å². The topological polar surface area (TPSA) is 67.8 Å². The number of rotatable bonds is 8. The first kappa shape index (κ1) is 20.6. The Morgan fingerprint density at radius 2 is 1.89 bits per heavy atom. The number of nitrogens with one attached hydrogen (secondary N) is 2. The Hall–Kier alpha value is -2.76. The van der Waals surface area contributed by atoms with E-state index in [1.165, 1.54) is 0 Å².